The first kappa shape index (κ1) is 17.3. The molecule has 1 aromatic heterocycles. The maximum Gasteiger partial charge on any atom is 0.258 e. The Kier molecular flexibility index (Phi) is 5.03. The minimum Gasteiger partial charge on any atom is -0.320 e. The molecule has 0 radical (unpaired) electrons. The van der Waals surface area contributed by atoms with Crippen molar-refractivity contribution in [2.75, 3.05) is 10.6 Å². The molecule has 130 valence electrons. The van der Waals surface area contributed by atoms with E-state index in [-0.39, 0.29) is 11.5 Å². The summed E-state index contributed by atoms with van der Waals surface area (Å²) in [6.45, 7) is 1.94. The summed E-state index contributed by atoms with van der Waals surface area (Å²) in [5.74, 6) is -1.64. The maximum atomic E-state index is 13.7. The molecular weight excluding hydrogens is 333 g/mol. The number of rotatable bonds is 4. The lowest BCUT2D eigenvalue weighted by Crippen LogP contribution is -2.17. The smallest absolute Gasteiger partial charge is 0.258 e. The molecule has 2 amide bonds. The Morgan fingerprint density at radius 3 is 2.12 bits per heavy atom. The van der Waals surface area contributed by atoms with Gasteiger partial charge in [-0.3, -0.25) is 14.6 Å². The Hall–Kier alpha value is -3.54. The highest BCUT2D eigenvalue weighted by molar-refractivity contribution is 6.10. The molecule has 0 aliphatic carbocycles. The van der Waals surface area contributed by atoms with E-state index in [1.165, 1.54) is 12.3 Å². The summed E-state index contributed by atoms with van der Waals surface area (Å²) in [7, 11) is 0. The van der Waals surface area contributed by atoms with Crippen LogP contribution < -0.4 is 10.6 Å². The molecule has 0 saturated carbocycles. The molecular formula is C20H16FN3O2. The van der Waals surface area contributed by atoms with Crippen LogP contribution in [-0.2, 0) is 0 Å². The minimum atomic E-state index is -0.717. The first-order valence-corrected chi connectivity index (χ1v) is 7.92. The molecule has 2 N–H and O–H groups in total. The fraction of sp³-hybridized carbons (Fsp3) is 0.0500. The molecule has 3 rings (SSSR count). The van der Waals surface area contributed by atoms with Crippen LogP contribution >= 0.6 is 0 Å². The van der Waals surface area contributed by atoms with E-state index in [1.54, 1.807) is 36.4 Å². The zero-order valence-corrected chi connectivity index (χ0v) is 14.0. The summed E-state index contributed by atoms with van der Waals surface area (Å²) in [5, 5.41) is 5.37. The van der Waals surface area contributed by atoms with Gasteiger partial charge in [0.25, 0.3) is 11.8 Å². The number of anilines is 2. The van der Waals surface area contributed by atoms with Gasteiger partial charge in [0, 0.05) is 11.8 Å². The number of carbonyl (C=O) groups excluding carboxylic acids is 2. The third-order valence-electron chi connectivity index (χ3n) is 3.75. The van der Waals surface area contributed by atoms with E-state index in [4.69, 9.17) is 0 Å². The molecule has 0 saturated heterocycles. The number of halogens is 1. The number of carbonyl (C=O) groups is 2. The molecule has 0 spiro atoms. The fourth-order valence-corrected chi connectivity index (χ4v) is 2.35. The molecule has 0 aliphatic rings. The zero-order chi connectivity index (χ0) is 18.5. The number of benzene rings is 2. The van der Waals surface area contributed by atoms with Gasteiger partial charge in [0.15, 0.2) is 5.82 Å². The average molecular weight is 349 g/mol. The number of hydrogen-bond donors (Lipinski definition) is 2. The second kappa shape index (κ2) is 7.57. The Bertz CT molecular complexity index is 955. The van der Waals surface area contributed by atoms with Gasteiger partial charge in [-0.2, -0.15) is 0 Å². The molecule has 0 aliphatic heterocycles. The van der Waals surface area contributed by atoms with Crippen LogP contribution in [0, 0.1) is 12.7 Å². The molecule has 1 heterocycles. The average Bonchev–Trinajstić information content (AvgIpc) is 2.64. The molecule has 2 aromatic carbocycles. The molecule has 0 fully saturated rings. The summed E-state index contributed by atoms with van der Waals surface area (Å²) in [6.07, 6.45) is 2.31. The second-order valence-corrected chi connectivity index (χ2v) is 5.68. The summed E-state index contributed by atoms with van der Waals surface area (Å²) < 4.78 is 13.7. The van der Waals surface area contributed by atoms with Crippen molar-refractivity contribution < 1.29 is 14.0 Å². The highest BCUT2D eigenvalue weighted by Gasteiger charge is 2.14. The molecule has 0 atom stereocenters. The molecule has 26 heavy (non-hydrogen) atoms. The van der Waals surface area contributed by atoms with Crippen LogP contribution in [0.3, 0.4) is 0 Å². The van der Waals surface area contributed by atoms with E-state index < -0.39 is 11.7 Å². The molecule has 5 nitrogen and oxygen atoms in total. The molecule has 6 heteroatoms. The Morgan fingerprint density at radius 1 is 0.885 bits per heavy atom. The van der Waals surface area contributed by atoms with Gasteiger partial charge in [-0.1, -0.05) is 29.8 Å². The van der Waals surface area contributed by atoms with Crippen LogP contribution in [0.25, 0.3) is 0 Å². The quantitative estimate of drug-likeness (QED) is 0.747. The lowest BCUT2D eigenvalue weighted by molar-refractivity contribution is 0.101. The number of para-hydroxylation sites is 2. The number of nitrogens with zero attached hydrogens (tertiary/aromatic N) is 1. The van der Waals surface area contributed by atoms with E-state index in [1.807, 2.05) is 19.1 Å². The van der Waals surface area contributed by atoms with Crippen LogP contribution in [0.15, 0.2) is 67.0 Å². The third-order valence-corrected chi connectivity index (χ3v) is 3.75. The minimum absolute atomic E-state index is 0.125. The zero-order valence-electron chi connectivity index (χ0n) is 14.0. The lowest BCUT2D eigenvalue weighted by Gasteiger charge is -2.12. The number of hydrogen-bond acceptors (Lipinski definition) is 3. The van der Waals surface area contributed by atoms with E-state index in [9.17, 15) is 14.0 Å². The molecule has 0 unspecified atom stereocenters. The van der Waals surface area contributed by atoms with Crippen molar-refractivity contribution in [1.29, 1.82) is 0 Å². The normalized spacial score (nSPS) is 10.2. The molecule has 0 bridgehead atoms. The Labute approximate surface area is 149 Å². The molecule has 3 aromatic rings. The SMILES string of the molecule is Cc1ccc(C(=O)Nc2ccccc2NC(=O)c2ccncc2F)cc1. The van der Waals surface area contributed by atoms with Gasteiger partial charge in [0.1, 0.15) is 0 Å². The van der Waals surface area contributed by atoms with Gasteiger partial charge in [0.2, 0.25) is 0 Å². The Morgan fingerprint density at radius 2 is 1.50 bits per heavy atom. The van der Waals surface area contributed by atoms with Crippen LogP contribution in [0.1, 0.15) is 26.3 Å². The fourth-order valence-electron chi connectivity index (χ4n) is 2.35. The topological polar surface area (TPSA) is 71.1 Å². The summed E-state index contributed by atoms with van der Waals surface area (Å²) in [6, 6.07) is 15.1. The van der Waals surface area contributed by atoms with Crippen molar-refractivity contribution >= 4 is 23.2 Å². The van der Waals surface area contributed by atoms with Crippen molar-refractivity contribution in [3.63, 3.8) is 0 Å². The van der Waals surface area contributed by atoms with Gasteiger partial charge >= 0.3 is 0 Å². The number of nitrogens with one attached hydrogen (secondary N) is 2. The summed E-state index contributed by atoms with van der Waals surface area (Å²) in [4.78, 5) is 28.3. The predicted octanol–water partition coefficient (Wildman–Crippen LogP) is 4.03. The van der Waals surface area contributed by atoms with Crippen molar-refractivity contribution in [2.45, 2.75) is 6.92 Å². The standard InChI is InChI=1S/C20H16FN3O2/c1-13-6-8-14(9-7-13)19(25)23-17-4-2-3-5-18(17)24-20(26)15-10-11-22-12-16(15)21/h2-12H,1H3,(H,23,25)(H,24,26). The van der Waals surface area contributed by atoms with Crippen molar-refractivity contribution in [3.8, 4) is 0 Å². The summed E-state index contributed by atoms with van der Waals surface area (Å²) >= 11 is 0. The number of aromatic nitrogens is 1. The van der Waals surface area contributed by atoms with Gasteiger partial charge in [-0.15, -0.1) is 0 Å². The first-order chi connectivity index (χ1) is 12.5. The maximum absolute atomic E-state index is 13.7. The Balaban J connectivity index is 1.80. The van der Waals surface area contributed by atoms with E-state index in [2.05, 4.69) is 15.6 Å². The van der Waals surface area contributed by atoms with Crippen molar-refractivity contribution in [3.05, 3.63) is 89.5 Å². The van der Waals surface area contributed by atoms with E-state index >= 15 is 0 Å². The van der Waals surface area contributed by atoms with Crippen LogP contribution in [0.2, 0.25) is 0 Å². The number of aryl methyl sites for hydroxylation is 1. The van der Waals surface area contributed by atoms with Crippen molar-refractivity contribution in [2.24, 2.45) is 0 Å². The van der Waals surface area contributed by atoms with Crippen molar-refractivity contribution in [1.82, 2.24) is 4.98 Å². The van der Waals surface area contributed by atoms with Crippen LogP contribution in [0.5, 0.6) is 0 Å². The highest BCUT2D eigenvalue weighted by Crippen LogP contribution is 2.23. The highest BCUT2D eigenvalue weighted by atomic mass is 19.1. The monoisotopic (exact) mass is 349 g/mol. The first-order valence-electron chi connectivity index (χ1n) is 7.92. The van der Waals surface area contributed by atoms with Crippen LogP contribution in [0.4, 0.5) is 15.8 Å². The third kappa shape index (κ3) is 3.92. The number of amides is 2. The van der Waals surface area contributed by atoms with Gasteiger partial charge < -0.3 is 10.6 Å². The van der Waals surface area contributed by atoms with Gasteiger partial charge in [0.05, 0.1) is 23.1 Å². The van der Waals surface area contributed by atoms with E-state index in [0.717, 1.165) is 11.8 Å². The predicted molar refractivity (Wildman–Crippen MR) is 97.7 cm³/mol. The van der Waals surface area contributed by atoms with Gasteiger partial charge in [-0.05, 0) is 37.3 Å². The van der Waals surface area contributed by atoms with Crippen LogP contribution in [-0.4, -0.2) is 16.8 Å². The summed E-state index contributed by atoms with van der Waals surface area (Å²) in [5.41, 5.74) is 2.21. The number of pyridine rings is 1. The second-order valence-electron chi connectivity index (χ2n) is 5.68. The largest absolute Gasteiger partial charge is 0.320 e. The van der Waals surface area contributed by atoms with E-state index in [0.29, 0.717) is 16.9 Å². The lowest BCUT2D eigenvalue weighted by atomic mass is 10.1. The van der Waals surface area contributed by atoms with Gasteiger partial charge in [-0.25, -0.2) is 4.39 Å².